The van der Waals surface area contributed by atoms with Crippen molar-refractivity contribution in [1.29, 1.82) is 0 Å². The van der Waals surface area contributed by atoms with E-state index >= 15 is 0 Å². The zero-order chi connectivity index (χ0) is 13.0. The Balaban J connectivity index is 2.07. The van der Waals surface area contributed by atoms with Crippen molar-refractivity contribution in [2.45, 2.75) is 30.0 Å². The van der Waals surface area contributed by atoms with Gasteiger partial charge in [-0.25, -0.2) is 0 Å². The number of nitrogens with zero attached hydrogens (tertiary/aromatic N) is 2. The van der Waals surface area contributed by atoms with Crippen LogP contribution in [0.1, 0.15) is 18.7 Å². The van der Waals surface area contributed by atoms with E-state index in [1.54, 1.807) is 7.11 Å². The molecule has 0 bridgehead atoms. The highest BCUT2D eigenvalue weighted by atomic mass is 32.2. The van der Waals surface area contributed by atoms with Crippen molar-refractivity contribution in [3.05, 3.63) is 18.0 Å². The van der Waals surface area contributed by atoms with Crippen LogP contribution in [0.25, 0.3) is 0 Å². The quantitative estimate of drug-likeness (QED) is 0.894. The fraction of sp³-hybridized carbons (Fsp3) is 0.750. The normalized spacial score (nSPS) is 26.2. The molecule has 0 spiro atoms. The monoisotopic (exact) mass is 287 g/mol. The lowest BCUT2D eigenvalue weighted by molar-refractivity contribution is 0.182. The van der Waals surface area contributed by atoms with E-state index in [1.807, 2.05) is 40.5 Å². The smallest absolute Gasteiger partial charge is 0.0659 e. The topological polar surface area (TPSA) is 53.1 Å². The molecular weight excluding hydrogens is 266 g/mol. The van der Waals surface area contributed by atoms with Gasteiger partial charge in [-0.1, -0.05) is 6.92 Å². The fourth-order valence-corrected chi connectivity index (χ4v) is 5.07. The number of ether oxygens (including phenoxy) is 1. The maximum absolute atomic E-state index is 6.44. The zero-order valence-electron chi connectivity index (χ0n) is 10.9. The Kier molecular flexibility index (Phi) is 5.41. The number of nitrogens with two attached hydrogens (primary N) is 1. The third-order valence-corrected chi connectivity index (χ3v) is 6.40. The van der Waals surface area contributed by atoms with Gasteiger partial charge in [0.1, 0.15) is 0 Å². The molecule has 2 N–H and O–H groups in total. The van der Waals surface area contributed by atoms with Gasteiger partial charge in [0, 0.05) is 35.3 Å². The lowest BCUT2D eigenvalue weighted by atomic mass is 10.1. The van der Waals surface area contributed by atoms with Crippen LogP contribution in [-0.2, 0) is 11.3 Å². The van der Waals surface area contributed by atoms with E-state index < -0.39 is 0 Å². The fourth-order valence-electron chi connectivity index (χ4n) is 2.20. The second kappa shape index (κ2) is 6.84. The first kappa shape index (κ1) is 14.2. The highest BCUT2D eigenvalue weighted by molar-refractivity contribution is 8.07. The summed E-state index contributed by atoms with van der Waals surface area (Å²) in [5.41, 5.74) is 7.57. The number of thioether (sulfide) groups is 2. The number of methoxy groups -OCH3 is 1. The molecule has 1 aromatic heterocycles. The molecule has 1 aliphatic rings. The minimum absolute atomic E-state index is 0.0529. The lowest BCUT2D eigenvalue weighted by Gasteiger charge is -2.32. The summed E-state index contributed by atoms with van der Waals surface area (Å²) in [6.07, 6.45) is 1.83. The van der Waals surface area contributed by atoms with Gasteiger partial charge in [-0.2, -0.15) is 28.6 Å². The van der Waals surface area contributed by atoms with Gasteiger partial charge in [-0.05, 0) is 6.07 Å². The van der Waals surface area contributed by atoms with Crippen LogP contribution in [0.15, 0.2) is 12.3 Å². The summed E-state index contributed by atoms with van der Waals surface area (Å²) in [7, 11) is 1.71. The summed E-state index contributed by atoms with van der Waals surface area (Å²) < 4.78 is 7.08. The van der Waals surface area contributed by atoms with Crippen molar-refractivity contribution in [2.24, 2.45) is 5.73 Å². The van der Waals surface area contributed by atoms with Crippen LogP contribution in [0.5, 0.6) is 0 Å². The Morgan fingerprint density at radius 1 is 1.56 bits per heavy atom. The van der Waals surface area contributed by atoms with Crippen molar-refractivity contribution >= 4 is 23.5 Å². The molecule has 1 aromatic rings. The summed E-state index contributed by atoms with van der Waals surface area (Å²) >= 11 is 4.01. The molecule has 4 nitrogen and oxygen atoms in total. The molecule has 2 rings (SSSR count). The highest BCUT2D eigenvalue weighted by Gasteiger charge is 2.30. The summed E-state index contributed by atoms with van der Waals surface area (Å²) in [5, 5.41) is 5.41. The van der Waals surface area contributed by atoms with Gasteiger partial charge < -0.3 is 10.5 Å². The summed E-state index contributed by atoms with van der Waals surface area (Å²) in [4.78, 5) is 0. The van der Waals surface area contributed by atoms with Crippen molar-refractivity contribution < 1.29 is 4.74 Å². The Morgan fingerprint density at radius 2 is 2.33 bits per heavy atom. The largest absolute Gasteiger partial charge is 0.383 e. The van der Waals surface area contributed by atoms with E-state index in [0.29, 0.717) is 17.1 Å². The van der Waals surface area contributed by atoms with E-state index in [9.17, 15) is 0 Å². The van der Waals surface area contributed by atoms with Gasteiger partial charge in [0.15, 0.2) is 0 Å². The van der Waals surface area contributed by atoms with Gasteiger partial charge in [0.2, 0.25) is 0 Å². The molecule has 2 heterocycles. The molecule has 0 aromatic carbocycles. The molecular formula is C12H21N3OS2. The van der Waals surface area contributed by atoms with Crippen LogP contribution >= 0.6 is 23.5 Å². The second-order valence-electron chi connectivity index (χ2n) is 4.41. The zero-order valence-corrected chi connectivity index (χ0v) is 12.5. The van der Waals surface area contributed by atoms with Gasteiger partial charge in [0.05, 0.1) is 24.9 Å². The molecule has 1 aliphatic heterocycles. The molecule has 1 saturated heterocycles. The van der Waals surface area contributed by atoms with E-state index in [4.69, 9.17) is 10.5 Å². The summed E-state index contributed by atoms with van der Waals surface area (Å²) in [6, 6.07) is 2.09. The van der Waals surface area contributed by atoms with E-state index in [1.165, 1.54) is 11.5 Å². The number of aromatic nitrogens is 2. The molecule has 0 amide bonds. The molecule has 18 heavy (non-hydrogen) atoms. The van der Waals surface area contributed by atoms with Gasteiger partial charge in [-0.3, -0.25) is 4.68 Å². The predicted molar refractivity (Wildman–Crippen MR) is 79.2 cm³/mol. The third-order valence-electron chi connectivity index (χ3n) is 3.19. The molecule has 0 saturated carbocycles. The second-order valence-corrected chi connectivity index (χ2v) is 7.18. The van der Waals surface area contributed by atoms with Gasteiger partial charge in [-0.15, -0.1) is 0 Å². The number of hydrogen-bond donors (Lipinski definition) is 1. The van der Waals surface area contributed by atoms with Gasteiger partial charge >= 0.3 is 0 Å². The molecule has 0 radical (unpaired) electrons. The average molecular weight is 287 g/mol. The average Bonchev–Trinajstić information content (AvgIpc) is 2.84. The maximum atomic E-state index is 6.44. The minimum atomic E-state index is 0.0529. The molecule has 1 fully saturated rings. The van der Waals surface area contributed by atoms with E-state index in [2.05, 4.69) is 12.0 Å². The molecule has 3 atom stereocenters. The molecule has 6 heteroatoms. The Labute approximate surface area is 117 Å². The van der Waals surface area contributed by atoms with Crippen molar-refractivity contribution in [2.75, 3.05) is 25.2 Å². The Bertz CT molecular complexity index is 372. The van der Waals surface area contributed by atoms with Crippen molar-refractivity contribution in [3.63, 3.8) is 0 Å². The first-order valence-corrected chi connectivity index (χ1v) is 8.33. The van der Waals surface area contributed by atoms with Crippen LogP contribution in [0.2, 0.25) is 0 Å². The molecule has 102 valence electrons. The standard InChI is InChI=1S/C12H21N3OS2/c1-9-12(18-8-7-17-9)11(13)10-3-4-14-15(10)5-6-16-2/h3-4,9,11-12H,5-8,13H2,1-2H3. The van der Waals surface area contributed by atoms with Crippen molar-refractivity contribution in [3.8, 4) is 0 Å². The summed E-state index contributed by atoms with van der Waals surface area (Å²) in [5.74, 6) is 2.43. The number of rotatable bonds is 5. The van der Waals surface area contributed by atoms with E-state index in [0.717, 1.165) is 12.2 Å². The Hall–Kier alpha value is -0.170. The van der Waals surface area contributed by atoms with Crippen LogP contribution in [-0.4, -0.2) is 45.5 Å². The van der Waals surface area contributed by atoms with Crippen LogP contribution in [0, 0.1) is 0 Å². The number of hydrogen-bond acceptors (Lipinski definition) is 5. The van der Waals surface area contributed by atoms with Crippen molar-refractivity contribution in [1.82, 2.24) is 9.78 Å². The lowest BCUT2D eigenvalue weighted by Crippen LogP contribution is -2.35. The van der Waals surface area contributed by atoms with E-state index in [-0.39, 0.29) is 6.04 Å². The van der Waals surface area contributed by atoms with Gasteiger partial charge in [0.25, 0.3) is 0 Å². The predicted octanol–water partition coefficient (Wildman–Crippen LogP) is 1.77. The summed E-state index contributed by atoms with van der Waals surface area (Å²) in [6.45, 7) is 3.71. The minimum Gasteiger partial charge on any atom is -0.383 e. The third kappa shape index (κ3) is 3.23. The first-order chi connectivity index (χ1) is 8.74. The molecule has 3 unspecified atom stereocenters. The van der Waals surface area contributed by atoms with Crippen LogP contribution < -0.4 is 5.73 Å². The SMILES string of the molecule is COCCn1nccc1C(N)C1SCCSC1C. The Morgan fingerprint density at radius 3 is 3.06 bits per heavy atom. The molecule has 0 aliphatic carbocycles. The maximum Gasteiger partial charge on any atom is 0.0659 e. The van der Waals surface area contributed by atoms with Crippen LogP contribution in [0.3, 0.4) is 0 Å². The van der Waals surface area contributed by atoms with Crippen LogP contribution in [0.4, 0.5) is 0 Å². The first-order valence-electron chi connectivity index (χ1n) is 6.23. The highest BCUT2D eigenvalue weighted by Crippen LogP contribution is 2.37.